The number of hydrogen-bond acceptors (Lipinski definition) is 3. The summed E-state index contributed by atoms with van der Waals surface area (Å²) in [6.07, 6.45) is 3.76. The molecule has 1 aromatic rings. The zero-order valence-corrected chi connectivity index (χ0v) is 12.4. The SMILES string of the molecule is CC(C)(C)c1ccc(CCCCNS(C)(=O)=O)o1. The minimum absolute atomic E-state index is 0.0378. The van der Waals surface area contributed by atoms with Gasteiger partial charge < -0.3 is 4.42 Å². The van der Waals surface area contributed by atoms with Crippen LogP contribution in [0.3, 0.4) is 0 Å². The molecule has 0 aromatic carbocycles. The lowest BCUT2D eigenvalue weighted by Gasteiger charge is -2.14. The fourth-order valence-electron chi connectivity index (χ4n) is 1.60. The predicted molar refractivity (Wildman–Crippen MR) is 73.2 cm³/mol. The molecule has 0 aliphatic rings. The lowest BCUT2D eigenvalue weighted by Crippen LogP contribution is -2.22. The largest absolute Gasteiger partial charge is 0.466 e. The van der Waals surface area contributed by atoms with Crippen LogP contribution in [-0.2, 0) is 21.9 Å². The second kappa shape index (κ2) is 5.89. The Labute approximate surface area is 110 Å². The van der Waals surface area contributed by atoms with Gasteiger partial charge in [-0.2, -0.15) is 0 Å². The quantitative estimate of drug-likeness (QED) is 0.810. The van der Waals surface area contributed by atoms with Gasteiger partial charge in [0.2, 0.25) is 10.0 Å². The van der Waals surface area contributed by atoms with Gasteiger partial charge in [-0.3, -0.25) is 0 Å². The van der Waals surface area contributed by atoms with Gasteiger partial charge in [0, 0.05) is 18.4 Å². The lowest BCUT2D eigenvalue weighted by molar-refractivity contribution is 0.383. The van der Waals surface area contributed by atoms with Crippen molar-refractivity contribution in [1.29, 1.82) is 0 Å². The Kier molecular flexibility index (Phi) is 4.99. The van der Waals surface area contributed by atoms with Crippen LogP contribution in [0.2, 0.25) is 0 Å². The Bertz CT molecular complexity index is 469. The average molecular weight is 273 g/mol. The summed E-state index contributed by atoms with van der Waals surface area (Å²) in [5.74, 6) is 1.96. The first kappa shape index (κ1) is 15.2. The van der Waals surface area contributed by atoms with Crippen molar-refractivity contribution in [2.24, 2.45) is 0 Å². The molecule has 0 radical (unpaired) electrons. The summed E-state index contributed by atoms with van der Waals surface area (Å²) in [7, 11) is -3.06. The maximum atomic E-state index is 10.8. The Hall–Kier alpha value is -0.810. The van der Waals surface area contributed by atoms with Crippen LogP contribution in [-0.4, -0.2) is 21.2 Å². The topological polar surface area (TPSA) is 59.3 Å². The molecule has 1 heterocycles. The Morgan fingerprint density at radius 3 is 2.39 bits per heavy atom. The smallest absolute Gasteiger partial charge is 0.208 e. The number of sulfonamides is 1. The van der Waals surface area contributed by atoms with Gasteiger partial charge in [0.25, 0.3) is 0 Å². The maximum Gasteiger partial charge on any atom is 0.208 e. The van der Waals surface area contributed by atoms with Gasteiger partial charge in [0.15, 0.2) is 0 Å². The number of rotatable bonds is 6. The van der Waals surface area contributed by atoms with Crippen molar-refractivity contribution in [3.8, 4) is 0 Å². The summed E-state index contributed by atoms with van der Waals surface area (Å²) in [5, 5.41) is 0. The third-order valence-electron chi connectivity index (χ3n) is 2.62. The molecule has 0 aliphatic heterocycles. The van der Waals surface area contributed by atoms with Crippen molar-refractivity contribution >= 4 is 10.0 Å². The van der Waals surface area contributed by atoms with Crippen molar-refractivity contribution in [3.63, 3.8) is 0 Å². The van der Waals surface area contributed by atoms with Crippen molar-refractivity contribution in [2.75, 3.05) is 12.8 Å². The number of aryl methyl sites for hydroxylation is 1. The molecule has 4 nitrogen and oxygen atoms in total. The average Bonchev–Trinajstić information content (AvgIpc) is 2.63. The van der Waals surface area contributed by atoms with Crippen molar-refractivity contribution in [3.05, 3.63) is 23.7 Å². The minimum Gasteiger partial charge on any atom is -0.466 e. The molecule has 1 aromatic heterocycles. The van der Waals surface area contributed by atoms with E-state index < -0.39 is 10.0 Å². The van der Waals surface area contributed by atoms with E-state index in [1.807, 2.05) is 12.1 Å². The summed E-state index contributed by atoms with van der Waals surface area (Å²) < 4.78 is 29.9. The van der Waals surface area contributed by atoms with E-state index in [1.165, 1.54) is 6.26 Å². The highest BCUT2D eigenvalue weighted by atomic mass is 32.2. The Morgan fingerprint density at radius 2 is 1.89 bits per heavy atom. The second-order valence-corrected chi connectivity index (χ2v) is 7.47. The van der Waals surface area contributed by atoms with Crippen LogP contribution in [0.25, 0.3) is 0 Å². The first-order valence-corrected chi connectivity index (χ1v) is 8.11. The third-order valence-corrected chi connectivity index (χ3v) is 3.34. The van der Waals surface area contributed by atoms with E-state index in [0.717, 1.165) is 30.8 Å². The monoisotopic (exact) mass is 273 g/mol. The molecule has 0 bridgehead atoms. The first-order chi connectivity index (χ1) is 8.18. The van der Waals surface area contributed by atoms with Crippen LogP contribution in [0.4, 0.5) is 0 Å². The number of furan rings is 1. The van der Waals surface area contributed by atoms with Crippen LogP contribution in [0.5, 0.6) is 0 Å². The van der Waals surface area contributed by atoms with Gasteiger partial charge in [-0.15, -0.1) is 0 Å². The van der Waals surface area contributed by atoms with E-state index in [2.05, 4.69) is 25.5 Å². The number of unbranched alkanes of at least 4 members (excludes halogenated alkanes) is 1. The highest BCUT2D eigenvalue weighted by Gasteiger charge is 2.17. The van der Waals surface area contributed by atoms with Gasteiger partial charge in [-0.05, 0) is 25.0 Å². The zero-order chi connectivity index (χ0) is 13.8. The zero-order valence-electron chi connectivity index (χ0n) is 11.6. The van der Waals surface area contributed by atoms with Gasteiger partial charge in [-0.1, -0.05) is 20.8 Å². The van der Waals surface area contributed by atoms with Crippen molar-refractivity contribution < 1.29 is 12.8 Å². The molecule has 0 amide bonds. The highest BCUT2D eigenvalue weighted by molar-refractivity contribution is 7.88. The standard InChI is InChI=1S/C13H23NO3S/c1-13(2,3)12-9-8-11(17-12)7-5-6-10-14-18(4,15)16/h8-9,14H,5-7,10H2,1-4H3. The molecule has 5 heteroatoms. The molecule has 1 N–H and O–H groups in total. The fourth-order valence-corrected chi connectivity index (χ4v) is 2.11. The van der Waals surface area contributed by atoms with Crippen LogP contribution >= 0.6 is 0 Å². The van der Waals surface area contributed by atoms with Crippen LogP contribution < -0.4 is 4.72 Å². The van der Waals surface area contributed by atoms with Gasteiger partial charge in [-0.25, -0.2) is 13.1 Å². The van der Waals surface area contributed by atoms with Gasteiger partial charge in [0.05, 0.1) is 6.26 Å². The molecule has 0 spiro atoms. The Balaban J connectivity index is 2.30. The van der Waals surface area contributed by atoms with Crippen LogP contribution in [0.15, 0.2) is 16.5 Å². The highest BCUT2D eigenvalue weighted by Crippen LogP contribution is 2.24. The Morgan fingerprint density at radius 1 is 1.22 bits per heavy atom. The molecule has 0 unspecified atom stereocenters. The van der Waals surface area contributed by atoms with Crippen molar-refractivity contribution in [2.45, 2.75) is 45.4 Å². The normalized spacial score (nSPS) is 12.9. The molecular formula is C13H23NO3S. The van der Waals surface area contributed by atoms with Crippen molar-refractivity contribution in [1.82, 2.24) is 4.72 Å². The molecule has 18 heavy (non-hydrogen) atoms. The summed E-state index contributed by atoms with van der Waals surface area (Å²) in [5.41, 5.74) is 0.0378. The lowest BCUT2D eigenvalue weighted by atomic mass is 9.94. The van der Waals surface area contributed by atoms with E-state index in [9.17, 15) is 8.42 Å². The molecule has 0 saturated heterocycles. The summed E-state index contributed by atoms with van der Waals surface area (Å²) >= 11 is 0. The van der Waals surface area contributed by atoms with E-state index in [1.54, 1.807) is 0 Å². The van der Waals surface area contributed by atoms with E-state index in [4.69, 9.17) is 4.42 Å². The predicted octanol–water partition coefficient (Wildman–Crippen LogP) is 2.45. The molecule has 0 fully saturated rings. The molecule has 0 atom stereocenters. The summed E-state index contributed by atoms with van der Waals surface area (Å²) in [6.45, 7) is 6.84. The van der Waals surface area contributed by atoms with E-state index >= 15 is 0 Å². The van der Waals surface area contributed by atoms with Crippen LogP contribution in [0, 0.1) is 0 Å². The fraction of sp³-hybridized carbons (Fsp3) is 0.692. The van der Waals surface area contributed by atoms with E-state index in [-0.39, 0.29) is 5.41 Å². The van der Waals surface area contributed by atoms with Gasteiger partial charge >= 0.3 is 0 Å². The molecule has 0 aliphatic carbocycles. The molecule has 0 saturated carbocycles. The first-order valence-electron chi connectivity index (χ1n) is 6.22. The second-order valence-electron chi connectivity index (χ2n) is 5.64. The minimum atomic E-state index is -3.06. The molecule has 104 valence electrons. The summed E-state index contributed by atoms with van der Waals surface area (Å²) in [4.78, 5) is 0. The van der Waals surface area contributed by atoms with E-state index in [0.29, 0.717) is 6.54 Å². The number of nitrogens with one attached hydrogen (secondary N) is 1. The summed E-state index contributed by atoms with van der Waals surface area (Å²) in [6, 6.07) is 4.02. The number of hydrogen-bond donors (Lipinski definition) is 1. The van der Waals surface area contributed by atoms with Crippen LogP contribution in [0.1, 0.15) is 45.1 Å². The third kappa shape index (κ3) is 5.69. The molecular weight excluding hydrogens is 250 g/mol. The van der Waals surface area contributed by atoms with Gasteiger partial charge in [0.1, 0.15) is 11.5 Å². The molecule has 1 rings (SSSR count). The maximum absolute atomic E-state index is 10.8.